The van der Waals surface area contributed by atoms with Crippen molar-refractivity contribution < 1.29 is 19.1 Å². The summed E-state index contributed by atoms with van der Waals surface area (Å²) in [7, 11) is 0. The van der Waals surface area contributed by atoms with Gasteiger partial charge < -0.3 is 4.74 Å². The molecule has 0 unspecified atom stereocenters. The van der Waals surface area contributed by atoms with Crippen LogP contribution in [-0.2, 0) is 14.3 Å². The molecule has 1 aliphatic heterocycles. The fraction of sp³-hybridized carbons (Fsp3) is 0.167. The van der Waals surface area contributed by atoms with E-state index in [2.05, 4.69) is 0 Å². The Labute approximate surface area is 206 Å². The number of thiocarbonyl (C=S) groups is 1. The van der Waals surface area contributed by atoms with Crippen LogP contribution in [0.2, 0.25) is 10.0 Å². The van der Waals surface area contributed by atoms with Crippen LogP contribution in [0.3, 0.4) is 0 Å². The van der Waals surface area contributed by atoms with E-state index in [0.29, 0.717) is 21.3 Å². The second-order valence-electron chi connectivity index (χ2n) is 7.39. The predicted molar refractivity (Wildman–Crippen MR) is 130 cm³/mol. The molecule has 2 aromatic rings. The van der Waals surface area contributed by atoms with Crippen LogP contribution < -0.4 is 4.90 Å². The minimum absolute atomic E-state index is 0.0239. The second kappa shape index (κ2) is 9.87. The van der Waals surface area contributed by atoms with Gasteiger partial charge in [-0.3, -0.25) is 19.3 Å². The minimum Gasteiger partial charge on any atom is -0.468 e. The Bertz CT molecular complexity index is 1130. The summed E-state index contributed by atoms with van der Waals surface area (Å²) in [5.41, 5.74) is 0.812. The van der Waals surface area contributed by atoms with Crippen molar-refractivity contribution >= 4 is 64.0 Å². The van der Waals surface area contributed by atoms with E-state index in [1.54, 1.807) is 72.8 Å². The number of nitrogens with zero attached hydrogens (tertiary/aromatic N) is 2. The topological polar surface area (TPSA) is 66.9 Å². The third-order valence-corrected chi connectivity index (χ3v) is 6.14. The summed E-state index contributed by atoms with van der Waals surface area (Å²) in [6, 6.07) is 12.9. The van der Waals surface area contributed by atoms with E-state index in [1.165, 1.54) is 9.80 Å². The van der Waals surface area contributed by atoms with E-state index in [1.807, 2.05) is 0 Å². The number of anilines is 1. The lowest BCUT2D eigenvalue weighted by molar-refractivity contribution is -0.139. The number of amides is 3. The van der Waals surface area contributed by atoms with Gasteiger partial charge in [0.1, 0.15) is 6.61 Å². The van der Waals surface area contributed by atoms with E-state index >= 15 is 0 Å². The van der Waals surface area contributed by atoms with E-state index in [-0.39, 0.29) is 30.1 Å². The third-order valence-electron chi connectivity index (χ3n) is 5.34. The first-order chi connectivity index (χ1) is 15.9. The lowest BCUT2D eigenvalue weighted by atomic mass is 9.91. The fourth-order valence-corrected chi connectivity index (χ4v) is 4.20. The first-order valence-corrected chi connectivity index (χ1v) is 11.3. The number of hydrogen-bond donors (Lipinski definition) is 0. The van der Waals surface area contributed by atoms with Gasteiger partial charge in [0.2, 0.25) is 11.8 Å². The number of benzene rings is 2. The molecule has 3 amide bonds. The van der Waals surface area contributed by atoms with E-state index < -0.39 is 17.7 Å². The fourth-order valence-electron chi connectivity index (χ4n) is 3.67. The summed E-state index contributed by atoms with van der Waals surface area (Å²) in [5, 5.41) is 0.877. The number of rotatable bonds is 5. The zero-order valence-corrected chi connectivity index (χ0v) is 19.5. The maximum atomic E-state index is 13.2. The van der Waals surface area contributed by atoms with Crippen LogP contribution in [-0.4, -0.2) is 40.9 Å². The van der Waals surface area contributed by atoms with Gasteiger partial charge in [-0.25, -0.2) is 4.90 Å². The van der Waals surface area contributed by atoms with Crippen molar-refractivity contribution in [3.63, 3.8) is 0 Å². The van der Waals surface area contributed by atoms with Crippen LogP contribution in [0.1, 0.15) is 10.4 Å². The number of fused-ring (bicyclic) bond motifs is 1. The zero-order chi connectivity index (χ0) is 23.5. The van der Waals surface area contributed by atoms with Crippen LogP contribution in [0.4, 0.5) is 5.69 Å². The Morgan fingerprint density at radius 2 is 1.42 bits per heavy atom. The van der Waals surface area contributed by atoms with E-state index in [0.717, 1.165) is 0 Å². The van der Waals surface area contributed by atoms with Gasteiger partial charge in [0.15, 0.2) is 0 Å². The highest BCUT2D eigenvalue weighted by Crippen LogP contribution is 2.31. The molecule has 0 N–H and O–H groups in total. The van der Waals surface area contributed by atoms with Gasteiger partial charge in [-0.15, -0.1) is 0 Å². The molecule has 1 heterocycles. The molecule has 2 aromatic carbocycles. The van der Waals surface area contributed by atoms with Gasteiger partial charge in [0.05, 0.1) is 24.1 Å². The van der Waals surface area contributed by atoms with Crippen LogP contribution in [0.25, 0.3) is 0 Å². The molecule has 1 saturated heterocycles. The van der Waals surface area contributed by atoms with Gasteiger partial charge in [0.25, 0.3) is 11.1 Å². The lowest BCUT2D eigenvalue weighted by Crippen LogP contribution is -2.40. The molecule has 168 valence electrons. The molecule has 0 aromatic heterocycles. The Morgan fingerprint density at radius 3 is 1.97 bits per heavy atom. The Morgan fingerprint density at radius 1 is 0.909 bits per heavy atom. The Balaban J connectivity index is 1.48. The highest BCUT2D eigenvalue weighted by Gasteiger charge is 2.45. The van der Waals surface area contributed by atoms with Crippen molar-refractivity contribution in [1.29, 1.82) is 0 Å². The van der Waals surface area contributed by atoms with Crippen LogP contribution >= 0.6 is 35.4 Å². The molecule has 1 fully saturated rings. The van der Waals surface area contributed by atoms with Crippen molar-refractivity contribution in [3.05, 3.63) is 88.4 Å². The molecular formula is C24H18Cl2N2O4S. The number of halogens is 2. The number of ether oxygens (including phenoxy) is 1. The lowest BCUT2D eigenvalue weighted by Gasteiger charge is -2.24. The highest BCUT2D eigenvalue weighted by molar-refractivity contribution is 7.80. The first-order valence-electron chi connectivity index (χ1n) is 10.1. The maximum Gasteiger partial charge on any atom is 0.271 e. The van der Waals surface area contributed by atoms with E-state index in [4.69, 9.17) is 40.2 Å². The smallest absolute Gasteiger partial charge is 0.271 e. The number of imide groups is 1. The first kappa shape index (κ1) is 23.2. The summed E-state index contributed by atoms with van der Waals surface area (Å²) in [6.45, 7) is -0.0305. The maximum absolute atomic E-state index is 13.2. The summed E-state index contributed by atoms with van der Waals surface area (Å²) in [4.78, 5) is 40.8. The van der Waals surface area contributed by atoms with Gasteiger partial charge in [-0.1, -0.05) is 47.5 Å². The van der Waals surface area contributed by atoms with Crippen LogP contribution in [0, 0.1) is 11.8 Å². The van der Waals surface area contributed by atoms with Crippen LogP contribution in [0.15, 0.2) is 72.8 Å². The van der Waals surface area contributed by atoms with Gasteiger partial charge >= 0.3 is 0 Å². The summed E-state index contributed by atoms with van der Waals surface area (Å²) in [6.07, 6.45) is 6.97. The van der Waals surface area contributed by atoms with Crippen molar-refractivity contribution in [2.75, 3.05) is 18.1 Å². The molecule has 0 spiro atoms. The van der Waals surface area contributed by atoms with E-state index in [9.17, 15) is 14.4 Å². The molecule has 4 rings (SSSR count). The van der Waals surface area contributed by atoms with Crippen molar-refractivity contribution in [2.45, 2.75) is 0 Å². The molecule has 6 nitrogen and oxygen atoms in total. The molecule has 0 saturated carbocycles. The SMILES string of the molecule is O=C1[C@H]2C=CC=C[C@H]2C(=O)N1CCOC(=S)N(C(=O)c1ccc(Cl)cc1)c1ccc(Cl)cc1. The summed E-state index contributed by atoms with van der Waals surface area (Å²) >= 11 is 17.3. The highest BCUT2D eigenvalue weighted by atomic mass is 35.5. The molecule has 0 radical (unpaired) electrons. The average molecular weight is 501 g/mol. The number of likely N-dealkylation sites (tertiary alicyclic amines) is 1. The Hall–Kier alpha value is -3.00. The number of carbonyl (C=O) groups is 3. The molecule has 0 bridgehead atoms. The largest absolute Gasteiger partial charge is 0.468 e. The average Bonchev–Trinajstić information content (AvgIpc) is 3.06. The van der Waals surface area contributed by atoms with Crippen molar-refractivity contribution in [2.24, 2.45) is 11.8 Å². The molecule has 1 aliphatic carbocycles. The third kappa shape index (κ3) is 4.85. The summed E-state index contributed by atoms with van der Waals surface area (Å²) < 4.78 is 5.66. The normalized spacial score (nSPS) is 18.9. The number of hydrogen-bond acceptors (Lipinski definition) is 5. The van der Waals surface area contributed by atoms with Crippen molar-refractivity contribution in [1.82, 2.24) is 4.90 Å². The molecule has 2 aliphatic rings. The van der Waals surface area contributed by atoms with Crippen LogP contribution in [0.5, 0.6) is 0 Å². The van der Waals surface area contributed by atoms with Crippen molar-refractivity contribution in [3.8, 4) is 0 Å². The predicted octanol–water partition coefficient (Wildman–Crippen LogP) is 4.67. The molecule has 33 heavy (non-hydrogen) atoms. The van der Waals surface area contributed by atoms with Gasteiger partial charge in [-0.2, -0.15) is 0 Å². The second-order valence-corrected chi connectivity index (χ2v) is 8.61. The number of allylic oxidation sites excluding steroid dienone is 2. The minimum atomic E-state index is -0.480. The molecule has 9 heteroatoms. The monoisotopic (exact) mass is 500 g/mol. The molecule has 2 atom stereocenters. The Kier molecular flexibility index (Phi) is 6.93. The quantitative estimate of drug-likeness (QED) is 0.440. The molecular weight excluding hydrogens is 483 g/mol. The van der Waals surface area contributed by atoms with Gasteiger partial charge in [-0.05, 0) is 60.7 Å². The standard InChI is InChI=1S/C24H18Cl2N2O4S/c25-16-7-5-15(6-8-16)21(29)28(18-11-9-17(26)10-12-18)24(33)32-14-13-27-22(30)19-3-1-2-4-20(19)23(27)31/h1-12,19-20H,13-14H2/t19-,20+. The summed E-state index contributed by atoms with van der Waals surface area (Å²) in [5.74, 6) is -1.93. The van der Waals surface area contributed by atoms with Gasteiger partial charge in [0, 0.05) is 15.6 Å². The number of carbonyl (C=O) groups excluding carboxylic acids is 3. The zero-order valence-electron chi connectivity index (χ0n) is 17.2.